The zero-order chi connectivity index (χ0) is 16.4. The molecule has 0 spiro atoms. The molecule has 1 aliphatic heterocycles. The van der Waals surface area contributed by atoms with E-state index in [1.807, 2.05) is 36.6 Å². The fourth-order valence-electron chi connectivity index (χ4n) is 2.85. The molecule has 5 nitrogen and oxygen atoms in total. The number of carbonyl (C=O) groups excluding carboxylic acids is 1. The first-order valence-corrected chi connectivity index (χ1v) is 8.48. The Morgan fingerprint density at radius 3 is 2.57 bits per heavy atom. The van der Waals surface area contributed by atoms with Crippen LogP contribution in [0.3, 0.4) is 0 Å². The Labute approximate surface area is 138 Å². The van der Waals surface area contributed by atoms with Gasteiger partial charge in [0, 0.05) is 13.1 Å². The van der Waals surface area contributed by atoms with Crippen molar-refractivity contribution in [3.63, 3.8) is 0 Å². The molecule has 0 aromatic carbocycles. The molecule has 2 aromatic rings. The highest BCUT2D eigenvalue weighted by molar-refractivity contribution is 7.13. The number of carboxylic acids is 1. The van der Waals surface area contributed by atoms with Crippen LogP contribution in [0.25, 0.3) is 10.6 Å². The zero-order valence-electron chi connectivity index (χ0n) is 12.9. The third kappa shape index (κ3) is 3.27. The lowest BCUT2D eigenvalue weighted by Gasteiger charge is -2.30. The second kappa shape index (κ2) is 6.50. The van der Waals surface area contributed by atoms with Crippen LogP contribution in [0.2, 0.25) is 0 Å². The third-order valence-corrected chi connectivity index (χ3v) is 5.11. The summed E-state index contributed by atoms with van der Waals surface area (Å²) in [5.41, 5.74) is 2.18. The quantitative estimate of drug-likeness (QED) is 0.939. The summed E-state index contributed by atoms with van der Waals surface area (Å²) in [6, 6.07) is 7.67. The van der Waals surface area contributed by atoms with Crippen LogP contribution in [0.5, 0.6) is 0 Å². The van der Waals surface area contributed by atoms with Gasteiger partial charge >= 0.3 is 5.97 Å². The Morgan fingerprint density at radius 2 is 2.00 bits per heavy atom. The molecule has 0 unspecified atom stereocenters. The summed E-state index contributed by atoms with van der Waals surface area (Å²) in [7, 11) is 0. The number of aromatic nitrogens is 1. The molecule has 2 aromatic heterocycles. The number of carbonyl (C=O) groups is 2. The van der Waals surface area contributed by atoms with Gasteiger partial charge in [-0.1, -0.05) is 6.07 Å². The molecule has 3 heterocycles. The molecule has 0 aliphatic carbocycles. The van der Waals surface area contributed by atoms with Crippen LogP contribution in [-0.2, 0) is 4.79 Å². The summed E-state index contributed by atoms with van der Waals surface area (Å²) in [6.07, 6.45) is 1.03. The Bertz CT molecular complexity index is 719. The van der Waals surface area contributed by atoms with Gasteiger partial charge in [0.1, 0.15) is 0 Å². The summed E-state index contributed by atoms with van der Waals surface area (Å²) in [4.78, 5) is 31.0. The maximum absolute atomic E-state index is 12.6. The number of aryl methyl sites for hydroxylation is 1. The second-order valence-corrected chi connectivity index (χ2v) is 6.66. The Hall–Kier alpha value is -2.21. The highest BCUT2D eigenvalue weighted by Gasteiger charge is 2.28. The lowest BCUT2D eigenvalue weighted by Crippen LogP contribution is -2.40. The molecule has 23 heavy (non-hydrogen) atoms. The number of carboxylic acid groups (broad SMARTS) is 1. The average Bonchev–Trinajstić information content (AvgIpc) is 3.08. The van der Waals surface area contributed by atoms with Crippen LogP contribution in [0.15, 0.2) is 29.6 Å². The monoisotopic (exact) mass is 330 g/mol. The number of hydrogen-bond donors (Lipinski definition) is 1. The number of pyridine rings is 1. The molecule has 3 rings (SSSR count). The van der Waals surface area contributed by atoms with Gasteiger partial charge in [0.05, 0.1) is 27.7 Å². The van der Waals surface area contributed by atoms with Gasteiger partial charge in [0.15, 0.2) is 0 Å². The molecular formula is C17H18N2O3S. The highest BCUT2D eigenvalue weighted by atomic mass is 32.1. The van der Waals surface area contributed by atoms with E-state index in [9.17, 15) is 9.59 Å². The molecule has 0 bridgehead atoms. The minimum absolute atomic E-state index is 0.0587. The van der Waals surface area contributed by atoms with Crippen LogP contribution >= 0.6 is 11.3 Å². The molecule has 6 heteroatoms. The van der Waals surface area contributed by atoms with E-state index in [2.05, 4.69) is 4.98 Å². The van der Waals surface area contributed by atoms with Crippen molar-refractivity contribution in [2.45, 2.75) is 19.8 Å². The fraction of sp³-hybridized carbons (Fsp3) is 0.353. The molecule has 0 radical (unpaired) electrons. The summed E-state index contributed by atoms with van der Waals surface area (Å²) in [5.74, 6) is -1.16. The van der Waals surface area contributed by atoms with Crippen molar-refractivity contribution in [3.05, 3.63) is 40.9 Å². The minimum Gasteiger partial charge on any atom is -0.481 e. The molecule has 1 saturated heterocycles. The van der Waals surface area contributed by atoms with Crippen molar-refractivity contribution in [2.75, 3.05) is 13.1 Å². The van der Waals surface area contributed by atoms with Crippen LogP contribution in [0, 0.1) is 12.8 Å². The summed E-state index contributed by atoms with van der Waals surface area (Å²) < 4.78 is 0. The summed E-state index contributed by atoms with van der Waals surface area (Å²) in [5, 5.41) is 11.0. The van der Waals surface area contributed by atoms with E-state index >= 15 is 0 Å². The lowest BCUT2D eigenvalue weighted by atomic mass is 9.96. The van der Waals surface area contributed by atoms with Gasteiger partial charge in [0.25, 0.3) is 5.91 Å². The molecule has 0 saturated carbocycles. The van der Waals surface area contributed by atoms with Gasteiger partial charge in [-0.15, -0.1) is 11.3 Å². The number of amides is 1. The van der Waals surface area contributed by atoms with Crippen molar-refractivity contribution >= 4 is 23.2 Å². The summed E-state index contributed by atoms with van der Waals surface area (Å²) >= 11 is 1.62. The molecule has 1 aliphatic rings. The van der Waals surface area contributed by atoms with Crippen molar-refractivity contribution in [1.29, 1.82) is 0 Å². The predicted molar refractivity (Wildman–Crippen MR) is 88.6 cm³/mol. The first-order chi connectivity index (χ1) is 11.1. The molecule has 1 N–H and O–H groups in total. The van der Waals surface area contributed by atoms with Gasteiger partial charge in [0.2, 0.25) is 0 Å². The van der Waals surface area contributed by atoms with Gasteiger partial charge < -0.3 is 10.0 Å². The van der Waals surface area contributed by atoms with Crippen LogP contribution in [0.1, 0.15) is 28.9 Å². The van der Waals surface area contributed by atoms with E-state index < -0.39 is 5.97 Å². The molecule has 1 amide bonds. The Morgan fingerprint density at radius 1 is 1.26 bits per heavy atom. The van der Waals surface area contributed by atoms with Crippen LogP contribution < -0.4 is 0 Å². The largest absolute Gasteiger partial charge is 0.481 e. The van der Waals surface area contributed by atoms with Gasteiger partial charge in [-0.3, -0.25) is 14.6 Å². The lowest BCUT2D eigenvalue weighted by molar-refractivity contribution is -0.143. The van der Waals surface area contributed by atoms with Crippen LogP contribution in [-0.4, -0.2) is 40.0 Å². The summed E-state index contributed by atoms with van der Waals surface area (Å²) in [6.45, 7) is 2.82. The van der Waals surface area contributed by atoms with E-state index in [0.717, 1.165) is 10.6 Å². The molecule has 120 valence electrons. The average molecular weight is 330 g/mol. The normalized spacial score (nSPS) is 15.6. The smallest absolute Gasteiger partial charge is 0.306 e. The van der Waals surface area contributed by atoms with E-state index in [0.29, 0.717) is 37.2 Å². The van der Waals surface area contributed by atoms with E-state index in [4.69, 9.17) is 5.11 Å². The standard InChI is InChI=1S/C17H18N2O3S/c1-11-13(4-5-14(18-11)15-3-2-10-23-15)16(20)19-8-6-12(7-9-19)17(21)22/h2-5,10,12H,6-9H2,1H3,(H,21,22). The van der Waals surface area contributed by atoms with Gasteiger partial charge in [-0.05, 0) is 43.3 Å². The number of hydrogen-bond acceptors (Lipinski definition) is 4. The SMILES string of the molecule is Cc1nc(-c2cccs2)ccc1C(=O)N1CCC(C(=O)O)CC1. The fourth-order valence-corrected chi connectivity index (χ4v) is 3.54. The van der Waals surface area contributed by atoms with Crippen molar-refractivity contribution in [3.8, 4) is 10.6 Å². The Kier molecular flexibility index (Phi) is 4.43. The van der Waals surface area contributed by atoms with Crippen molar-refractivity contribution in [1.82, 2.24) is 9.88 Å². The Balaban J connectivity index is 1.74. The maximum atomic E-state index is 12.6. The van der Waals surface area contributed by atoms with E-state index in [-0.39, 0.29) is 11.8 Å². The number of aliphatic carboxylic acids is 1. The number of thiophene rings is 1. The van der Waals surface area contributed by atoms with Crippen molar-refractivity contribution < 1.29 is 14.7 Å². The maximum Gasteiger partial charge on any atom is 0.306 e. The van der Waals surface area contributed by atoms with Gasteiger partial charge in [-0.2, -0.15) is 0 Å². The minimum atomic E-state index is -0.768. The predicted octanol–water partition coefficient (Wildman–Crippen LogP) is 3.06. The number of rotatable bonds is 3. The van der Waals surface area contributed by atoms with Gasteiger partial charge in [-0.25, -0.2) is 0 Å². The molecule has 0 atom stereocenters. The molecular weight excluding hydrogens is 312 g/mol. The number of piperidine rings is 1. The van der Waals surface area contributed by atoms with E-state index in [1.165, 1.54) is 0 Å². The number of nitrogens with zero attached hydrogens (tertiary/aromatic N) is 2. The third-order valence-electron chi connectivity index (χ3n) is 4.22. The zero-order valence-corrected chi connectivity index (χ0v) is 13.7. The topological polar surface area (TPSA) is 70.5 Å². The van der Waals surface area contributed by atoms with Crippen molar-refractivity contribution in [2.24, 2.45) is 5.92 Å². The van der Waals surface area contributed by atoms with E-state index in [1.54, 1.807) is 16.2 Å². The first kappa shape index (κ1) is 15.7. The number of likely N-dealkylation sites (tertiary alicyclic amines) is 1. The highest BCUT2D eigenvalue weighted by Crippen LogP contribution is 2.25. The van der Waals surface area contributed by atoms with Crippen LogP contribution in [0.4, 0.5) is 0 Å². The first-order valence-electron chi connectivity index (χ1n) is 7.60. The molecule has 1 fully saturated rings. The second-order valence-electron chi connectivity index (χ2n) is 5.71.